The van der Waals surface area contributed by atoms with Crippen LogP contribution in [0, 0.1) is 0 Å². The second-order valence-corrected chi connectivity index (χ2v) is 6.79. The van der Waals surface area contributed by atoms with Crippen LogP contribution in [0.2, 0.25) is 5.02 Å². The normalized spacial score (nSPS) is 10.7. The molecule has 4 rings (SSSR count). The molecule has 1 N–H and O–H groups in total. The number of benzene rings is 2. The predicted molar refractivity (Wildman–Crippen MR) is 109 cm³/mol. The SMILES string of the molecule is Cn1cc(C(=O)Nc2ccc(OCc3cc(-c4ccc(Cl)cc4)no3)cc2)cn1. The maximum Gasteiger partial charge on any atom is 0.258 e. The van der Waals surface area contributed by atoms with Crippen molar-refractivity contribution in [3.05, 3.63) is 83.3 Å². The van der Waals surface area contributed by atoms with E-state index in [9.17, 15) is 4.79 Å². The van der Waals surface area contributed by atoms with Crippen molar-refractivity contribution in [1.82, 2.24) is 14.9 Å². The first-order chi connectivity index (χ1) is 14.1. The molecule has 0 aliphatic rings. The molecule has 2 aromatic heterocycles. The van der Waals surface area contributed by atoms with Crippen LogP contribution in [-0.4, -0.2) is 20.8 Å². The van der Waals surface area contributed by atoms with E-state index in [0.717, 1.165) is 5.56 Å². The van der Waals surface area contributed by atoms with Crippen molar-refractivity contribution in [1.29, 1.82) is 0 Å². The van der Waals surface area contributed by atoms with Crippen LogP contribution < -0.4 is 10.1 Å². The van der Waals surface area contributed by atoms with Crippen molar-refractivity contribution >= 4 is 23.2 Å². The van der Waals surface area contributed by atoms with Crippen LogP contribution in [0.25, 0.3) is 11.3 Å². The van der Waals surface area contributed by atoms with Crippen LogP contribution in [0.3, 0.4) is 0 Å². The largest absolute Gasteiger partial charge is 0.486 e. The monoisotopic (exact) mass is 408 g/mol. The molecule has 1 amide bonds. The molecule has 0 spiro atoms. The molecule has 7 nitrogen and oxygen atoms in total. The molecular weight excluding hydrogens is 392 g/mol. The van der Waals surface area contributed by atoms with E-state index in [4.69, 9.17) is 20.9 Å². The third-order valence-corrected chi connectivity index (χ3v) is 4.41. The highest BCUT2D eigenvalue weighted by Crippen LogP contribution is 2.23. The highest BCUT2D eigenvalue weighted by molar-refractivity contribution is 6.30. The number of hydrogen-bond acceptors (Lipinski definition) is 5. The first kappa shape index (κ1) is 18.8. The Kier molecular flexibility index (Phi) is 5.31. The average Bonchev–Trinajstić information content (AvgIpc) is 3.37. The van der Waals surface area contributed by atoms with Gasteiger partial charge in [0.25, 0.3) is 5.91 Å². The number of aromatic nitrogens is 3. The number of anilines is 1. The van der Waals surface area contributed by atoms with Crippen molar-refractivity contribution in [2.45, 2.75) is 6.61 Å². The highest BCUT2D eigenvalue weighted by atomic mass is 35.5. The number of nitrogens with zero attached hydrogens (tertiary/aromatic N) is 3. The molecule has 2 aromatic carbocycles. The molecule has 0 saturated carbocycles. The van der Waals surface area contributed by atoms with Crippen LogP contribution in [0.1, 0.15) is 16.1 Å². The third kappa shape index (κ3) is 4.64. The second-order valence-electron chi connectivity index (χ2n) is 6.36. The Balaban J connectivity index is 1.33. The fourth-order valence-electron chi connectivity index (χ4n) is 2.67. The van der Waals surface area contributed by atoms with E-state index in [1.165, 1.54) is 6.20 Å². The summed E-state index contributed by atoms with van der Waals surface area (Å²) in [5.74, 6) is 1.03. The smallest absolute Gasteiger partial charge is 0.258 e. The topological polar surface area (TPSA) is 82.2 Å². The van der Waals surface area contributed by atoms with E-state index in [-0.39, 0.29) is 12.5 Å². The third-order valence-electron chi connectivity index (χ3n) is 4.16. The van der Waals surface area contributed by atoms with Gasteiger partial charge in [0.15, 0.2) is 5.76 Å². The molecule has 146 valence electrons. The van der Waals surface area contributed by atoms with Gasteiger partial charge in [-0.05, 0) is 36.4 Å². The van der Waals surface area contributed by atoms with Crippen molar-refractivity contribution in [2.24, 2.45) is 7.05 Å². The summed E-state index contributed by atoms with van der Waals surface area (Å²) in [5, 5.41) is 11.5. The Morgan fingerprint density at radius 1 is 1.17 bits per heavy atom. The van der Waals surface area contributed by atoms with Crippen molar-refractivity contribution in [3.63, 3.8) is 0 Å². The molecule has 0 fully saturated rings. The van der Waals surface area contributed by atoms with Crippen LogP contribution >= 0.6 is 11.6 Å². The number of rotatable bonds is 6. The lowest BCUT2D eigenvalue weighted by molar-refractivity contribution is 0.102. The van der Waals surface area contributed by atoms with Crippen molar-refractivity contribution < 1.29 is 14.1 Å². The Labute approximate surface area is 171 Å². The average molecular weight is 409 g/mol. The molecule has 0 saturated heterocycles. The van der Waals surface area contributed by atoms with E-state index in [1.807, 2.05) is 18.2 Å². The zero-order valence-electron chi connectivity index (χ0n) is 15.5. The van der Waals surface area contributed by atoms with Gasteiger partial charge in [-0.25, -0.2) is 0 Å². The van der Waals surface area contributed by atoms with Gasteiger partial charge in [-0.1, -0.05) is 28.9 Å². The summed E-state index contributed by atoms with van der Waals surface area (Å²) in [6.07, 6.45) is 3.17. The summed E-state index contributed by atoms with van der Waals surface area (Å²) in [6, 6.07) is 16.3. The first-order valence-electron chi connectivity index (χ1n) is 8.81. The van der Waals surface area contributed by atoms with Gasteiger partial charge in [0, 0.05) is 35.6 Å². The summed E-state index contributed by atoms with van der Waals surface area (Å²) < 4.78 is 12.6. The maximum atomic E-state index is 12.1. The Bertz CT molecular complexity index is 1120. The number of carbonyl (C=O) groups is 1. The standard InChI is InChI=1S/C21H17ClN4O3/c1-26-12-15(11-23-26)21(27)24-17-6-8-18(9-7-17)28-13-19-10-20(25-29-19)14-2-4-16(22)5-3-14/h2-12H,13H2,1H3,(H,24,27). The molecule has 4 aromatic rings. The number of amides is 1. The van der Waals surface area contributed by atoms with Gasteiger partial charge < -0.3 is 14.6 Å². The van der Waals surface area contributed by atoms with E-state index >= 15 is 0 Å². The molecular formula is C21H17ClN4O3. The molecule has 0 aliphatic heterocycles. The van der Waals surface area contributed by atoms with Crippen LogP contribution in [0.4, 0.5) is 5.69 Å². The zero-order valence-corrected chi connectivity index (χ0v) is 16.3. The number of ether oxygens (including phenoxy) is 1. The Morgan fingerprint density at radius 3 is 2.62 bits per heavy atom. The van der Waals surface area contributed by atoms with E-state index in [2.05, 4.69) is 15.6 Å². The predicted octanol–water partition coefficient (Wildman–Crippen LogP) is 4.56. The minimum Gasteiger partial charge on any atom is -0.486 e. The number of aryl methyl sites for hydroxylation is 1. The Hall–Kier alpha value is -3.58. The minimum absolute atomic E-state index is 0.219. The van der Waals surface area contributed by atoms with Gasteiger partial charge >= 0.3 is 0 Å². The number of nitrogens with one attached hydrogen (secondary N) is 1. The summed E-state index contributed by atoms with van der Waals surface area (Å²) in [4.78, 5) is 12.1. The molecule has 0 atom stereocenters. The summed E-state index contributed by atoms with van der Waals surface area (Å²) in [5.41, 5.74) is 2.79. The lowest BCUT2D eigenvalue weighted by atomic mass is 10.1. The summed E-state index contributed by atoms with van der Waals surface area (Å²) in [7, 11) is 1.76. The van der Waals surface area contributed by atoms with Crippen LogP contribution in [0.15, 0.2) is 71.5 Å². The zero-order chi connectivity index (χ0) is 20.2. The quantitative estimate of drug-likeness (QED) is 0.505. The van der Waals surface area contributed by atoms with E-state index in [0.29, 0.717) is 33.5 Å². The Morgan fingerprint density at radius 2 is 1.93 bits per heavy atom. The molecule has 0 bridgehead atoms. The summed E-state index contributed by atoms with van der Waals surface area (Å²) in [6.45, 7) is 0.238. The molecule has 8 heteroatoms. The lowest BCUT2D eigenvalue weighted by Gasteiger charge is -2.06. The van der Waals surface area contributed by atoms with Gasteiger partial charge in [-0.15, -0.1) is 0 Å². The second kappa shape index (κ2) is 8.20. The van der Waals surface area contributed by atoms with Crippen molar-refractivity contribution in [2.75, 3.05) is 5.32 Å². The van der Waals surface area contributed by atoms with E-state index in [1.54, 1.807) is 54.3 Å². The first-order valence-corrected chi connectivity index (χ1v) is 9.19. The molecule has 0 aliphatic carbocycles. The van der Waals surface area contributed by atoms with Crippen LogP contribution in [0.5, 0.6) is 5.75 Å². The van der Waals surface area contributed by atoms with Gasteiger partial charge in [-0.2, -0.15) is 5.10 Å². The summed E-state index contributed by atoms with van der Waals surface area (Å²) >= 11 is 5.90. The van der Waals surface area contributed by atoms with Gasteiger partial charge in [0.2, 0.25) is 0 Å². The maximum absolute atomic E-state index is 12.1. The number of halogens is 1. The molecule has 0 unspecified atom stereocenters. The highest BCUT2D eigenvalue weighted by Gasteiger charge is 2.09. The minimum atomic E-state index is -0.219. The number of carbonyl (C=O) groups excluding carboxylic acids is 1. The van der Waals surface area contributed by atoms with Gasteiger partial charge in [0.05, 0.1) is 11.8 Å². The van der Waals surface area contributed by atoms with Gasteiger partial charge in [0.1, 0.15) is 18.1 Å². The number of hydrogen-bond donors (Lipinski definition) is 1. The van der Waals surface area contributed by atoms with Gasteiger partial charge in [-0.3, -0.25) is 9.48 Å². The lowest BCUT2D eigenvalue weighted by Crippen LogP contribution is -2.10. The fourth-order valence-corrected chi connectivity index (χ4v) is 2.79. The molecule has 2 heterocycles. The van der Waals surface area contributed by atoms with Crippen LogP contribution in [-0.2, 0) is 13.7 Å². The molecule has 29 heavy (non-hydrogen) atoms. The fraction of sp³-hybridized carbons (Fsp3) is 0.0952. The molecule has 0 radical (unpaired) electrons. The van der Waals surface area contributed by atoms with E-state index < -0.39 is 0 Å². The van der Waals surface area contributed by atoms with Crippen molar-refractivity contribution in [3.8, 4) is 17.0 Å².